The van der Waals surface area contributed by atoms with E-state index in [0.29, 0.717) is 12.8 Å². The van der Waals surface area contributed by atoms with Gasteiger partial charge in [-0.1, -0.05) is 71.9 Å². The highest BCUT2D eigenvalue weighted by Gasteiger charge is 2.43. The molecule has 3 atom stereocenters. The van der Waals surface area contributed by atoms with Crippen LogP contribution in [0.2, 0.25) is 0 Å². The Balaban J connectivity index is 0.00000102. The van der Waals surface area contributed by atoms with E-state index in [2.05, 4.69) is 6.92 Å². The molecule has 1 heterocycles. The highest BCUT2D eigenvalue weighted by atomic mass is 16.6. The van der Waals surface area contributed by atoms with Gasteiger partial charge in [0.1, 0.15) is 0 Å². The maximum absolute atomic E-state index is 11.7. The molecule has 3 unspecified atom stereocenters. The van der Waals surface area contributed by atoms with Crippen LogP contribution in [0.5, 0.6) is 0 Å². The molecule has 0 aromatic heterocycles. The normalized spacial score (nSPS) is 21.0. The lowest BCUT2D eigenvalue weighted by atomic mass is 9.83. The van der Waals surface area contributed by atoms with Crippen LogP contribution in [0.15, 0.2) is 30.3 Å². The summed E-state index contributed by atoms with van der Waals surface area (Å²) in [5, 5.41) is 0. The van der Waals surface area contributed by atoms with Crippen LogP contribution in [0.3, 0.4) is 0 Å². The van der Waals surface area contributed by atoms with Crippen molar-refractivity contribution in [3.05, 3.63) is 35.9 Å². The Kier molecular flexibility index (Phi) is 10.2. The van der Waals surface area contributed by atoms with E-state index in [-0.39, 0.29) is 29.7 Å². The standard InChI is InChI=1S/C15H18O3.2C2H6/c1-3-12-13(15(17)18-14(12)16)9-10(2)11-7-5-4-6-8-11;2*1-2/h4-8,10,12-13H,3,9H2,1-2H3;2*1-2H3. The topological polar surface area (TPSA) is 43.4 Å². The summed E-state index contributed by atoms with van der Waals surface area (Å²) in [6.07, 6.45) is 1.34. The zero-order valence-corrected chi connectivity index (χ0v) is 14.8. The molecule has 0 spiro atoms. The second-order valence-corrected chi connectivity index (χ2v) is 4.91. The number of benzene rings is 1. The van der Waals surface area contributed by atoms with Gasteiger partial charge in [0.15, 0.2) is 0 Å². The highest BCUT2D eigenvalue weighted by Crippen LogP contribution is 2.34. The summed E-state index contributed by atoms with van der Waals surface area (Å²) in [7, 11) is 0. The molecule has 3 nitrogen and oxygen atoms in total. The van der Waals surface area contributed by atoms with Crippen LogP contribution in [0.4, 0.5) is 0 Å². The minimum absolute atomic E-state index is 0.253. The van der Waals surface area contributed by atoms with Gasteiger partial charge in [-0.05, 0) is 24.3 Å². The number of cyclic esters (lactones) is 2. The molecule has 0 N–H and O–H groups in total. The molecule has 1 aromatic carbocycles. The fourth-order valence-electron chi connectivity index (χ4n) is 2.59. The molecule has 1 aliphatic heterocycles. The molecule has 0 bridgehead atoms. The van der Waals surface area contributed by atoms with Crippen LogP contribution in [0.1, 0.15) is 65.9 Å². The Hall–Kier alpha value is -1.64. The molecule has 0 amide bonds. The summed E-state index contributed by atoms with van der Waals surface area (Å²) in [6, 6.07) is 10.0. The minimum atomic E-state index is -0.354. The first kappa shape index (κ1) is 20.4. The third-order valence-electron chi connectivity index (χ3n) is 3.71. The largest absolute Gasteiger partial charge is 0.393 e. The molecule has 1 fully saturated rings. The van der Waals surface area contributed by atoms with Gasteiger partial charge in [-0.3, -0.25) is 9.59 Å². The summed E-state index contributed by atoms with van der Waals surface area (Å²) in [5.74, 6) is -0.993. The van der Waals surface area contributed by atoms with Gasteiger partial charge in [-0.15, -0.1) is 0 Å². The predicted molar refractivity (Wildman–Crippen MR) is 90.5 cm³/mol. The summed E-state index contributed by atoms with van der Waals surface area (Å²) in [4.78, 5) is 23.2. The van der Waals surface area contributed by atoms with E-state index in [0.717, 1.165) is 0 Å². The minimum Gasteiger partial charge on any atom is -0.393 e. The average Bonchev–Trinajstić information content (AvgIpc) is 2.85. The maximum atomic E-state index is 11.7. The van der Waals surface area contributed by atoms with Crippen LogP contribution < -0.4 is 0 Å². The lowest BCUT2D eigenvalue weighted by Gasteiger charge is -2.17. The number of hydrogen-bond acceptors (Lipinski definition) is 3. The van der Waals surface area contributed by atoms with Gasteiger partial charge in [0.2, 0.25) is 0 Å². The van der Waals surface area contributed by atoms with E-state index >= 15 is 0 Å². The van der Waals surface area contributed by atoms with Crippen molar-refractivity contribution < 1.29 is 14.3 Å². The van der Waals surface area contributed by atoms with Gasteiger partial charge < -0.3 is 4.74 Å². The van der Waals surface area contributed by atoms with Crippen molar-refractivity contribution in [1.82, 2.24) is 0 Å². The fraction of sp³-hybridized carbons (Fsp3) is 0.579. The molecule has 22 heavy (non-hydrogen) atoms. The van der Waals surface area contributed by atoms with E-state index in [1.165, 1.54) is 5.56 Å². The molecule has 124 valence electrons. The fourth-order valence-corrected chi connectivity index (χ4v) is 2.59. The van der Waals surface area contributed by atoms with Crippen molar-refractivity contribution in [3.63, 3.8) is 0 Å². The molecule has 0 radical (unpaired) electrons. The monoisotopic (exact) mass is 306 g/mol. The Bertz CT molecular complexity index is 439. The lowest BCUT2D eigenvalue weighted by molar-refractivity contribution is -0.153. The van der Waals surface area contributed by atoms with Crippen molar-refractivity contribution in [2.24, 2.45) is 11.8 Å². The molecule has 0 saturated carbocycles. The third kappa shape index (κ3) is 5.28. The number of esters is 2. The van der Waals surface area contributed by atoms with Gasteiger partial charge in [0.25, 0.3) is 0 Å². The second kappa shape index (κ2) is 11.0. The summed E-state index contributed by atoms with van der Waals surface area (Å²) >= 11 is 0. The van der Waals surface area contributed by atoms with Crippen molar-refractivity contribution in [2.45, 2.75) is 60.3 Å². The SMILES string of the molecule is CC.CC.CCC1C(=O)OC(=O)C1CC(C)c1ccccc1. The molecule has 1 aliphatic rings. The Morgan fingerprint density at radius 1 is 0.955 bits per heavy atom. The Morgan fingerprint density at radius 3 is 1.95 bits per heavy atom. The van der Waals surface area contributed by atoms with Gasteiger partial charge in [0, 0.05) is 0 Å². The number of ether oxygens (including phenoxy) is 1. The van der Waals surface area contributed by atoms with E-state index in [1.54, 1.807) is 0 Å². The lowest BCUT2D eigenvalue weighted by Crippen LogP contribution is -2.19. The predicted octanol–water partition coefficient (Wildman–Crippen LogP) is 4.96. The van der Waals surface area contributed by atoms with Gasteiger partial charge in [-0.2, -0.15) is 0 Å². The van der Waals surface area contributed by atoms with E-state index in [4.69, 9.17) is 4.74 Å². The van der Waals surface area contributed by atoms with Gasteiger partial charge in [0.05, 0.1) is 11.8 Å². The smallest absolute Gasteiger partial charge is 0.317 e. The quantitative estimate of drug-likeness (QED) is 0.583. The van der Waals surface area contributed by atoms with Crippen molar-refractivity contribution in [3.8, 4) is 0 Å². The first-order chi connectivity index (χ1) is 10.6. The summed E-state index contributed by atoms with van der Waals surface area (Å²) < 4.78 is 4.74. The van der Waals surface area contributed by atoms with Crippen LogP contribution in [-0.4, -0.2) is 11.9 Å². The number of rotatable bonds is 4. The van der Waals surface area contributed by atoms with E-state index in [1.807, 2.05) is 65.0 Å². The summed E-state index contributed by atoms with van der Waals surface area (Å²) in [5.41, 5.74) is 1.19. The van der Waals surface area contributed by atoms with Gasteiger partial charge in [-0.25, -0.2) is 0 Å². The maximum Gasteiger partial charge on any atom is 0.317 e. The van der Waals surface area contributed by atoms with Crippen molar-refractivity contribution >= 4 is 11.9 Å². The number of carbonyl (C=O) groups excluding carboxylic acids is 2. The number of carbonyl (C=O) groups is 2. The average molecular weight is 306 g/mol. The van der Waals surface area contributed by atoms with E-state index in [9.17, 15) is 9.59 Å². The highest BCUT2D eigenvalue weighted by molar-refractivity contribution is 5.96. The summed E-state index contributed by atoms with van der Waals surface area (Å²) in [6.45, 7) is 12.0. The molecular weight excluding hydrogens is 276 g/mol. The zero-order valence-electron chi connectivity index (χ0n) is 14.8. The Morgan fingerprint density at radius 2 is 1.45 bits per heavy atom. The van der Waals surface area contributed by atoms with Crippen LogP contribution in [0.25, 0.3) is 0 Å². The molecule has 3 heteroatoms. The van der Waals surface area contributed by atoms with E-state index < -0.39 is 0 Å². The first-order valence-corrected chi connectivity index (χ1v) is 8.44. The zero-order chi connectivity index (χ0) is 17.1. The molecule has 1 aromatic rings. The van der Waals surface area contributed by atoms with Crippen molar-refractivity contribution in [2.75, 3.05) is 0 Å². The molecule has 0 aliphatic carbocycles. The molecule has 1 saturated heterocycles. The van der Waals surface area contributed by atoms with Crippen molar-refractivity contribution in [1.29, 1.82) is 0 Å². The van der Waals surface area contributed by atoms with Gasteiger partial charge >= 0.3 is 11.9 Å². The van der Waals surface area contributed by atoms with Crippen LogP contribution >= 0.6 is 0 Å². The van der Waals surface area contributed by atoms with Crippen LogP contribution in [-0.2, 0) is 14.3 Å². The Labute approximate surface area is 135 Å². The van der Waals surface area contributed by atoms with Crippen LogP contribution in [0, 0.1) is 11.8 Å². The molecular formula is C19H30O3. The number of hydrogen-bond donors (Lipinski definition) is 0. The molecule has 2 rings (SSSR count). The third-order valence-corrected chi connectivity index (χ3v) is 3.71. The second-order valence-electron chi connectivity index (χ2n) is 4.91. The first-order valence-electron chi connectivity index (χ1n) is 8.44.